The summed E-state index contributed by atoms with van der Waals surface area (Å²) in [6, 6.07) is 16.3. The van der Waals surface area contributed by atoms with Gasteiger partial charge in [0.05, 0.1) is 13.2 Å². The molecule has 0 unspecified atom stereocenters. The van der Waals surface area contributed by atoms with Crippen molar-refractivity contribution in [1.29, 1.82) is 0 Å². The quantitative estimate of drug-likeness (QED) is 0.160. The van der Waals surface area contributed by atoms with Gasteiger partial charge >= 0.3 is 11.7 Å². The number of nitrogen functional groups attached to an aromatic ring is 1. The minimum Gasteiger partial charge on any atom is -0.463 e. The number of piperidine rings is 1. The Kier molecular flexibility index (Phi) is 10.6. The van der Waals surface area contributed by atoms with Crippen LogP contribution in [0.1, 0.15) is 66.1 Å². The Morgan fingerprint density at radius 1 is 1.02 bits per heavy atom. The average Bonchev–Trinajstić information content (AvgIpc) is 3.34. The first-order valence-corrected chi connectivity index (χ1v) is 15.7. The standard InChI is InChI=1S/C33H44N8O3/c1-2-3-20-44-32-38-29(35)28-30(39-32)41(33(43)37-28)22-26-6-4-25(5-7-26)21-40-18-14-24(15-19-40)13-17-36-31(42)27-10-8-23(9-11-27)12-16-34/h4-11,24H,2-3,12-22,34H2,1H3,(H,36,42)(H,37,43)(H2,35,38,39). The number of anilines is 1. The van der Waals surface area contributed by atoms with E-state index < -0.39 is 0 Å². The monoisotopic (exact) mass is 600 g/mol. The number of nitrogens with zero attached hydrogens (tertiary/aromatic N) is 4. The molecule has 3 heterocycles. The van der Waals surface area contributed by atoms with E-state index in [0.29, 0.717) is 48.9 Å². The minimum atomic E-state index is -0.282. The summed E-state index contributed by atoms with van der Waals surface area (Å²) in [5, 5.41) is 3.08. The molecule has 1 saturated heterocycles. The van der Waals surface area contributed by atoms with Crippen molar-refractivity contribution in [2.75, 3.05) is 38.5 Å². The van der Waals surface area contributed by atoms with Gasteiger partial charge in [-0.2, -0.15) is 9.97 Å². The van der Waals surface area contributed by atoms with E-state index in [-0.39, 0.29) is 23.4 Å². The SMILES string of the molecule is CCCCOc1nc(N)c2[nH]c(=O)n(Cc3ccc(CN4CCC(CCNC(=O)c5ccc(CCN)cc5)CC4)cc3)c2n1. The molecule has 5 rings (SSSR count). The number of imidazole rings is 1. The molecule has 1 fully saturated rings. The van der Waals surface area contributed by atoms with Crippen molar-refractivity contribution < 1.29 is 9.53 Å². The fourth-order valence-electron chi connectivity index (χ4n) is 5.66. The van der Waals surface area contributed by atoms with Crippen LogP contribution in [0.3, 0.4) is 0 Å². The number of aromatic nitrogens is 4. The van der Waals surface area contributed by atoms with Crippen molar-refractivity contribution in [1.82, 2.24) is 29.7 Å². The topological polar surface area (TPSA) is 157 Å². The highest BCUT2D eigenvalue weighted by Crippen LogP contribution is 2.22. The van der Waals surface area contributed by atoms with E-state index in [1.165, 1.54) is 5.56 Å². The molecule has 2 aromatic carbocycles. The summed E-state index contributed by atoms with van der Waals surface area (Å²) in [5.74, 6) is 0.801. The zero-order valence-corrected chi connectivity index (χ0v) is 25.6. The first kappa shape index (κ1) is 31.2. The molecule has 0 bridgehead atoms. The Morgan fingerprint density at radius 3 is 2.39 bits per heavy atom. The summed E-state index contributed by atoms with van der Waals surface area (Å²) in [6.45, 7) is 7.22. The minimum absolute atomic E-state index is 0.0154. The van der Waals surface area contributed by atoms with Crippen LogP contribution in [-0.2, 0) is 19.5 Å². The van der Waals surface area contributed by atoms with Crippen molar-refractivity contribution in [3.8, 4) is 6.01 Å². The number of carbonyl (C=O) groups is 1. The van der Waals surface area contributed by atoms with Crippen LogP contribution in [0, 0.1) is 5.92 Å². The third kappa shape index (κ3) is 8.03. The Labute approximate surface area is 258 Å². The Balaban J connectivity index is 1.08. The van der Waals surface area contributed by atoms with Gasteiger partial charge in [0.25, 0.3) is 5.91 Å². The molecule has 0 spiro atoms. The van der Waals surface area contributed by atoms with Crippen molar-refractivity contribution in [3.63, 3.8) is 0 Å². The summed E-state index contributed by atoms with van der Waals surface area (Å²) in [6.07, 6.45) is 5.95. The van der Waals surface area contributed by atoms with Crippen molar-refractivity contribution in [2.24, 2.45) is 11.7 Å². The first-order valence-electron chi connectivity index (χ1n) is 15.7. The second-order valence-corrected chi connectivity index (χ2v) is 11.6. The van der Waals surface area contributed by atoms with Gasteiger partial charge in [-0.3, -0.25) is 14.3 Å². The molecule has 2 aromatic heterocycles. The fraction of sp³-hybridized carbons (Fsp3) is 0.455. The smallest absolute Gasteiger partial charge is 0.328 e. The van der Waals surface area contributed by atoms with Crippen molar-refractivity contribution in [3.05, 3.63) is 81.3 Å². The summed E-state index contributed by atoms with van der Waals surface area (Å²) in [5.41, 5.74) is 16.4. The third-order valence-electron chi connectivity index (χ3n) is 8.32. The molecule has 0 radical (unpaired) electrons. The number of rotatable bonds is 14. The van der Waals surface area contributed by atoms with Gasteiger partial charge in [-0.1, -0.05) is 49.7 Å². The molecule has 0 atom stereocenters. The van der Waals surface area contributed by atoms with Gasteiger partial charge in [0.2, 0.25) is 0 Å². The predicted molar refractivity (Wildman–Crippen MR) is 173 cm³/mol. The number of fused-ring (bicyclic) bond motifs is 1. The number of nitrogens with one attached hydrogen (secondary N) is 2. The highest BCUT2D eigenvalue weighted by Gasteiger charge is 2.20. The fourth-order valence-corrected chi connectivity index (χ4v) is 5.66. The molecular weight excluding hydrogens is 556 g/mol. The molecule has 1 amide bonds. The predicted octanol–water partition coefficient (Wildman–Crippen LogP) is 3.46. The number of aromatic amines is 1. The number of ether oxygens (including phenoxy) is 1. The van der Waals surface area contributed by atoms with E-state index in [2.05, 4.69) is 56.4 Å². The Bertz CT molecular complexity index is 1570. The number of carbonyl (C=O) groups excluding carboxylic acids is 1. The van der Waals surface area contributed by atoms with E-state index >= 15 is 0 Å². The van der Waals surface area contributed by atoms with E-state index in [1.54, 1.807) is 4.57 Å². The number of likely N-dealkylation sites (tertiary alicyclic amines) is 1. The number of hydrogen-bond donors (Lipinski definition) is 4. The molecule has 6 N–H and O–H groups in total. The first-order chi connectivity index (χ1) is 21.4. The average molecular weight is 601 g/mol. The van der Waals surface area contributed by atoms with Crippen LogP contribution in [0.15, 0.2) is 53.3 Å². The number of hydrogen-bond acceptors (Lipinski definition) is 8. The Morgan fingerprint density at radius 2 is 1.70 bits per heavy atom. The molecule has 11 nitrogen and oxygen atoms in total. The lowest BCUT2D eigenvalue weighted by Gasteiger charge is -2.32. The lowest BCUT2D eigenvalue weighted by Crippen LogP contribution is -2.34. The third-order valence-corrected chi connectivity index (χ3v) is 8.32. The molecular formula is C33H44N8O3. The number of unbranched alkanes of at least 4 members (excludes halogenated alkanes) is 1. The number of H-pyrrole nitrogens is 1. The molecule has 234 valence electrons. The summed E-state index contributed by atoms with van der Waals surface area (Å²) in [7, 11) is 0. The van der Waals surface area contributed by atoms with Crippen LogP contribution in [0.5, 0.6) is 6.01 Å². The van der Waals surface area contributed by atoms with Gasteiger partial charge in [-0.15, -0.1) is 0 Å². The van der Waals surface area contributed by atoms with E-state index in [4.69, 9.17) is 16.2 Å². The Hall–Kier alpha value is -4.22. The van der Waals surface area contributed by atoms with Gasteiger partial charge in [-0.05, 0) is 86.5 Å². The van der Waals surface area contributed by atoms with E-state index in [0.717, 1.165) is 69.3 Å². The van der Waals surface area contributed by atoms with Crippen molar-refractivity contribution in [2.45, 2.75) is 58.5 Å². The summed E-state index contributed by atoms with van der Waals surface area (Å²) in [4.78, 5) is 39.1. The largest absolute Gasteiger partial charge is 0.463 e. The maximum absolute atomic E-state index is 12.7. The lowest BCUT2D eigenvalue weighted by molar-refractivity contribution is 0.0947. The van der Waals surface area contributed by atoms with Gasteiger partial charge in [-0.25, -0.2) is 4.79 Å². The van der Waals surface area contributed by atoms with Crippen LogP contribution >= 0.6 is 0 Å². The van der Waals surface area contributed by atoms with Crippen LogP contribution in [-0.4, -0.2) is 63.1 Å². The number of amides is 1. The molecule has 0 saturated carbocycles. The number of benzene rings is 2. The van der Waals surface area contributed by atoms with Crippen molar-refractivity contribution >= 4 is 22.9 Å². The zero-order chi connectivity index (χ0) is 30.9. The normalized spacial score (nSPS) is 14.2. The van der Waals surface area contributed by atoms with Crippen LogP contribution in [0.25, 0.3) is 11.2 Å². The van der Waals surface area contributed by atoms with Gasteiger partial charge in [0, 0.05) is 18.7 Å². The van der Waals surface area contributed by atoms with Gasteiger partial charge in [0.15, 0.2) is 11.5 Å². The molecule has 0 aliphatic carbocycles. The molecule has 44 heavy (non-hydrogen) atoms. The molecule has 4 aromatic rings. The highest BCUT2D eigenvalue weighted by atomic mass is 16.5. The van der Waals surface area contributed by atoms with E-state index in [9.17, 15) is 9.59 Å². The second-order valence-electron chi connectivity index (χ2n) is 11.6. The summed E-state index contributed by atoms with van der Waals surface area (Å²) < 4.78 is 7.21. The maximum Gasteiger partial charge on any atom is 0.328 e. The lowest BCUT2D eigenvalue weighted by atomic mass is 9.93. The maximum atomic E-state index is 12.7. The zero-order valence-electron chi connectivity index (χ0n) is 25.6. The van der Waals surface area contributed by atoms with Gasteiger partial charge in [0.1, 0.15) is 5.52 Å². The molecule has 1 aliphatic heterocycles. The van der Waals surface area contributed by atoms with Crippen LogP contribution in [0.4, 0.5) is 5.82 Å². The second kappa shape index (κ2) is 15.0. The molecule has 1 aliphatic rings. The van der Waals surface area contributed by atoms with E-state index in [1.807, 2.05) is 24.3 Å². The number of nitrogens with two attached hydrogens (primary N) is 2. The molecule has 11 heteroatoms. The van der Waals surface area contributed by atoms with Gasteiger partial charge < -0.3 is 26.5 Å². The van der Waals surface area contributed by atoms with Crippen LogP contribution in [0.2, 0.25) is 0 Å². The summed E-state index contributed by atoms with van der Waals surface area (Å²) >= 11 is 0. The van der Waals surface area contributed by atoms with Crippen LogP contribution < -0.4 is 27.2 Å². The highest BCUT2D eigenvalue weighted by molar-refractivity contribution is 5.94.